The number of hydrogen-bond acceptors (Lipinski definition) is 4. The summed E-state index contributed by atoms with van der Waals surface area (Å²) in [7, 11) is 0. The van der Waals surface area contributed by atoms with E-state index in [1.807, 2.05) is 26.8 Å². The third-order valence-electron chi connectivity index (χ3n) is 4.96. The molecule has 0 unspecified atom stereocenters. The Hall–Kier alpha value is -3.68. The van der Waals surface area contributed by atoms with E-state index in [0.29, 0.717) is 22.4 Å². The van der Waals surface area contributed by atoms with Gasteiger partial charge in [-0.1, -0.05) is 81.4 Å². The van der Waals surface area contributed by atoms with Gasteiger partial charge in [0.2, 0.25) is 5.82 Å². The van der Waals surface area contributed by atoms with Crippen LogP contribution in [-0.4, -0.2) is 19.7 Å². The first-order valence-electron chi connectivity index (χ1n) is 10.0. The molecular formula is C24H22F3N5. The van der Waals surface area contributed by atoms with Gasteiger partial charge in [-0.3, -0.25) is 0 Å². The Balaban J connectivity index is 2.12. The normalized spacial score (nSPS) is 12.2. The van der Waals surface area contributed by atoms with Crippen LogP contribution in [0.2, 0.25) is 0 Å². The van der Waals surface area contributed by atoms with Gasteiger partial charge in [-0.15, -0.1) is 0 Å². The number of nitrogen functional groups attached to an aromatic ring is 1. The number of nitrogens with zero attached hydrogens (tertiary/aromatic N) is 4. The van der Waals surface area contributed by atoms with Crippen LogP contribution in [0.15, 0.2) is 66.7 Å². The zero-order valence-electron chi connectivity index (χ0n) is 17.9. The molecular weight excluding hydrogens is 415 g/mol. The Labute approximate surface area is 183 Å². The van der Waals surface area contributed by atoms with Gasteiger partial charge in [0, 0.05) is 17.0 Å². The van der Waals surface area contributed by atoms with Gasteiger partial charge in [-0.25, -0.2) is 9.97 Å². The molecule has 8 heteroatoms. The predicted molar refractivity (Wildman–Crippen MR) is 118 cm³/mol. The smallest absolute Gasteiger partial charge is 0.384 e. The summed E-state index contributed by atoms with van der Waals surface area (Å²) in [5.41, 5.74) is 8.27. The molecule has 164 valence electrons. The number of anilines is 1. The Morgan fingerprint density at radius 3 is 1.88 bits per heavy atom. The fourth-order valence-electron chi connectivity index (χ4n) is 3.34. The first-order valence-corrected chi connectivity index (χ1v) is 10.0. The number of halogens is 3. The van der Waals surface area contributed by atoms with Gasteiger partial charge in [-0.05, 0) is 5.56 Å². The number of aromatic nitrogens is 4. The number of benzene rings is 2. The van der Waals surface area contributed by atoms with Gasteiger partial charge in [0.15, 0.2) is 5.82 Å². The summed E-state index contributed by atoms with van der Waals surface area (Å²) in [5, 5.41) is 4.53. The molecule has 2 aromatic heterocycles. The molecule has 4 rings (SSSR count). The van der Waals surface area contributed by atoms with Crippen molar-refractivity contribution in [3.05, 3.63) is 78.2 Å². The minimum absolute atomic E-state index is 0.0228. The van der Waals surface area contributed by atoms with Crippen molar-refractivity contribution < 1.29 is 13.2 Å². The number of rotatable bonds is 3. The van der Waals surface area contributed by atoms with Crippen LogP contribution in [-0.2, 0) is 11.6 Å². The van der Waals surface area contributed by atoms with Crippen LogP contribution in [0.4, 0.5) is 19.0 Å². The third-order valence-corrected chi connectivity index (χ3v) is 4.96. The van der Waals surface area contributed by atoms with Crippen LogP contribution in [0.3, 0.4) is 0 Å². The van der Waals surface area contributed by atoms with E-state index >= 15 is 0 Å². The Bertz CT molecular complexity index is 1240. The van der Waals surface area contributed by atoms with E-state index in [2.05, 4.69) is 15.1 Å². The van der Waals surface area contributed by atoms with Crippen molar-refractivity contribution in [2.24, 2.45) is 0 Å². The summed E-state index contributed by atoms with van der Waals surface area (Å²) in [6.45, 7) is 5.86. The lowest BCUT2D eigenvalue weighted by molar-refractivity contribution is -0.144. The highest BCUT2D eigenvalue weighted by Crippen LogP contribution is 2.39. The van der Waals surface area contributed by atoms with Crippen molar-refractivity contribution in [3.63, 3.8) is 0 Å². The zero-order chi connectivity index (χ0) is 23.1. The monoisotopic (exact) mass is 437 g/mol. The second-order valence-corrected chi connectivity index (χ2v) is 8.44. The molecule has 0 spiro atoms. The first kappa shape index (κ1) is 21.5. The van der Waals surface area contributed by atoms with Crippen LogP contribution in [0.25, 0.3) is 28.2 Å². The molecule has 2 aromatic carbocycles. The van der Waals surface area contributed by atoms with Crippen LogP contribution in [0.1, 0.15) is 32.3 Å². The van der Waals surface area contributed by atoms with Crippen molar-refractivity contribution >= 4 is 5.82 Å². The second-order valence-electron chi connectivity index (χ2n) is 8.44. The van der Waals surface area contributed by atoms with E-state index < -0.39 is 12.0 Å². The van der Waals surface area contributed by atoms with Crippen molar-refractivity contribution in [1.82, 2.24) is 19.7 Å². The van der Waals surface area contributed by atoms with E-state index in [0.717, 1.165) is 0 Å². The molecule has 0 fully saturated rings. The average Bonchev–Trinajstić information content (AvgIpc) is 3.15. The molecule has 0 saturated heterocycles. The Kier molecular flexibility index (Phi) is 5.24. The second kappa shape index (κ2) is 7.78. The summed E-state index contributed by atoms with van der Waals surface area (Å²) < 4.78 is 42.7. The summed E-state index contributed by atoms with van der Waals surface area (Å²) >= 11 is 0. The molecule has 0 bridgehead atoms. The van der Waals surface area contributed by atoms with Gasteiger partial charge < -0.3 is 5.73 Å². The summed E-state index contributed by atoms with van der Waals surface area (Å²) in [6.07, 6.45) is -4.75. The SMILES string of the molecule is CC(C)(C)c1cc(N)n(-c2nc(C(F)(F)F)nc(-c3ccccc3)c2-c2ccccc2)n1. The highest BCUT2D eigenvalue weighted by molar-refractivity contribution is 5.85. The quantitative estimate of drug-likeness (QED) is 0.434. The van der Waals surface area contributed by atoms with Gasteiger partial charge in [0.05, 0.1) is 17.0 Å². The maximum absolute atomic E-state index is 13.8. The highest BCUT2D eigenvalue weighted by atomic mass is 19.4. The number of hydrogen-bond donors (Lipinski definition) is 1. The molecule has 0 radical (unpaired) electrons. The lowest BCUT2D eigenvalue weighted by Gasteiger charge is -2.18. The number of alkyl halides is 3. The summed E-state index contributed by atoms with van der Waals surface area (Å²) in [5.74, 6) is -1.08. The van der Waals surface area contributed by atoms with Crippen LogP contribution in [0.5, 0.6) is 0 Å². The van der Waals surface area contributed by atoms with Crippen molar-refractivity contribution in [2.75, 3.05) is 5.73 Å². The molecule has 4 aromatic rings. The molecule has 5 nitrogen and oxygen atoms in total. The Morgan fingerprint density at radius 1 is 0.812 bits per heavy atom. The van der Waals surface area contributed by atoms with Crippen LogP contribution >= 0.6 is 0 Å². The standard InChI is InChI=1S/C24H22F3N5/c1-23(2,3)17-14-18(28)32(31-17)21-19(15-10-6-4-7-11-15)20(16-12-8-5-9-13-16)29-22(30-21)24(25,26)27/h4-14H,28H2,1-3H3. The average molecular weight is 437 g/mol. The van der Waals surface area contributed by atoms with Gasteiger partial charge in [0.1, 0.15) is 5.82 Å². The summed E-state index contributed by atoms with van der Waals surface area (Å²) in [4.78, 5) is 7.86. The van der Waals surface area contributed by atoms with Gasteiger partial charge in [0.25, 0.3) is 0 Å². The van der Waals surface area contributed by atoms with Gasteiger partial charge in [-0.2, -0.15) is 23.0 Å². The first-order chi connectivity index (χ1) is 15.1. The lowest BCUT2D eigenvalue weighted by Crippen LogP contribution is -2.18. The topological polar surface area (TPSA) is 69.6 Å². The zero-order valence-corrected chi connectivity index (χ0v) is 17.9. The van der Waals surface area contributed by atoms with E-state index in [9.17, 15) is 13.2 Å². The predicted octanol–water partition coefficient (Wildman–Crippen LogP) is 5.89. The molecule has 2 N–H and O–H groups in total. The van der Waals surface area contributed by atoms with Crippen LogP contribution in [0, 0.1) is 0 Å². The van der Waals surface area contributed by atoms with Crippen LogP contribution < -0.4 is 5.73 Å². The fraction of sp³-hybridized carbons (Fsp3) is 0.208. The maximum Gasteiger partial charge on any atom is 0.451 e. The van der Waals surface area contributed by atoms with Crippen molar-refractivity contribution in [2.45, 2.75) is 32.4 Å². The molecule has 0 saturated carbocycles. The van der Waals surface area contributed by atoms with E-state index in [1.165, 1.54) is 4.68 Å². The van der Waals surface area contributed by atoms with Crippen molar-refractivity contribution in [3.8, 4) is 28.2 Å². The minimum atomic E-state index is -4.75. The van der Waals surface area contributed by atoms with Gasteiger partial charge >= 0.3 is 6.18 Å². The van der Waals surface area contributed by atoms with E-state index in [-0.39, 0.29) is 22.7 Å². The fourth-order valence-corrected chi connectivity index (χ4v) is 3.34. The highest BCUT2D eigenvalue weighted by Gasteiger charge is 2.37. The van der Waals surface area contributed by atoms with Crippen molar-refractivity contribution in [1.29, 1.82) is 0 Å². The summed E-state index contributed by atoms with van der Waals surface area (Å²) in [6, 6.07) is 19.4. The number of nitrogens with two attached hydrogens (primary N) is 1. The lowest BCUT2D eigenvalue weighted by atomic mass is 9.92. The Morgan fingerprint density at radius 2 is 1.38 bits per heavy atom. The molecule has 32 heavy (non-hydrogen) atoms. The molecule has 2 heterocycles. The minimum Gasteiger partial charge on any atom is -0.384 e. The molecule has 0 aliphatic rings. The molecule has 0 amide bonds. The van der Waals surface area contributed by atoms with E-state index in [1.54, 1.807) is 60.7 Å². The molecule has 0 atom stereocenters. The molecule has 0 aliphatic heterocycles. The third kappa shape index (κ3) is 4.08. The van der Waals surface area contributed by atoms with E-state index in [4.69, 9.17) is 5.73 Å². The largest absolute Gasteiger partial charge is 0.451 e. The maximum atomic E-state index is 13.8. The molecule has 0 aliphatic carbocycles.